The van der Waals surface area contributed by atoms with Gasteiger partial charge in [0.15, 0.2) is 10.5 Å². The highest BCUT2D eigenvalue weighted by atomic mass is 79.9. The standard InChI is InChI=1S/C8H9BrN4O/c1-13-4-11-12-8(13)7(10)5-2-3-6(9)14-5/h2-4,7H,10H2,1H3. The molecule has 0 saturated carbocycles. The highest BCUT2D eigenvalue weighted by molar-refractivity contribution is 9.10. The summed E-state index contributed by atoms with van der Waals surface area (Å²) in [5.74, 6) is 1.33. The zero-order valence-electron chi connectivity index (χ0n) is 7.51. The Labute approximate surface area is 89.0 Å². The van der Waals surface area contributed by atoms with Crippen molar-refractivity contribution in [3.63, 3.8) is 0 Å². The largest absolute Gasteiger partial charge is 0.452 e. The zero-order chi connectivity index (χ0) is 10.1. The second-order valence-electron chi connectivity index (χ2n) is 2.92. The van der Waals surface area contributed by atoms with E-state index < -0.39 is 0 Å². The molecule has 0 aliphatic rings. The second-order valence-corrected chi connectivity index (χ2v) is 3.70. The molecule has 1 unspecified atom stereocenters. The van der Waals surface area contributed by atoms with Crippen LogP contribution in [0.15, 0.2) is 27.5 Å². The number of hydrogen-bond acceptors (Lipinski definition) is 4. The summed E-state index contributed by atoms with van der Waals surface area (Å²) in [6.45, 7) is 0. The van der Waals surface area contributed by atoms with Gasteiger partial charge in [0, 0.05) is 7.05 Å². The molecule has 0 aliphatic carbocycles. The van der Waals surface area contributed by atoms with Crippen LogP contribution in [-0.4, -0.2) is 14.8 Å². The molecule has 0 saturated heterocycles. The van der Waals surface area contributed by atoms with E-state index >= 15 is 0 Å². The van der Waals surface area contributed by atoms with Crippen LogP contribution in [0.25, 0.3) is 0 Å². The van der Waals surface area contributed by atoms with Crippen LogP contribution in [0.2, 0.25) is 0 Å². The van der Waals surface area contributed by atoms with Crippen molar-refractivity contribution in [2.45, 2.75) is 6.04 Å². The van der Waals surface area contributed by atoms with Crippen LogP contribution in [0.4, 0.5) is 0 Å². The predicted octanol–water partition coefficient (Wildman–Crippen LogP) is 1.22. The molecular weight excluding hydrogens is 248 g/mol. The van der Waals surface area contributed by atoms with E-state index in [1.165, 1.54) is 0 Å². The molecule has 5 nitrogen and oxygen atoms in total. The van der Waals surface area contributed by atoms with Gasteiger partial charge in [0.2, 0.25) is 0 Å². The summed E-state index contributed by atoms with van der Waals surface area (Å²) in [5.41, 5.74) is 5.94. The number of furan rings is 1. The van der Waals surface area contributed by atoms with Crippen LogP contribution in [0, 0.1) is 0 Å². The quantitative estimate of drug-likeness (QED) is 0.878. The summed E-state index contributed by atoms with van der Waals surface area (Å²) < 4.78 is 7.76. The highest BCUT2D eigenvalue weighted by Gasteiger charge is 2.17. The lowest BCUT2D eigenvalue weighted by Gasteiger charge is -2.06. The number of aryl methyl sites for hydroxylation is 1. The van der Waals surface area contributed by atoms with Crippen molar-refractivity contribution in [2.75, 3.05) is 0 Å². The first-order chi connectivity index (χ1) is 6.68. The van der Waals surface area contributed by atoms with Crippen LogP contribution >= 0.6 is 15.9 Å². The average molecular weight is 257 g/mol. The summed E-state index contributed by atoms with van der Waals surface area (Å²) in [4.78, 5) is 0. The van der Waals surface area contributed by atoms with Gasteiger partial charge in [-0.1, -0.05) is 0 Å². The molecular formula is C8H9BrN4O. The van der Waals surface area contributed by atoms with E-state index in [1.807, 2.05) is 13.1 Å². The van der Waals surface area contributed by atoms with E-state index in [1.54, 1.807) is 17.0 Å². The Morgan fingerprint density at radius 2 is 2.36 bits per heavy atom. The fourth-order valence-corrected chi connectivity index (χ4v) is 1.52. The summed E-state index contributed by atoms with van der Waals surface area (Å²) in [5, 5.41) is 7.67. The third-order valence-electron chi connectivity index (χ3n) is 1.93. The van der Waals surface area contributed by atoms with Crippen LogP contribution in [0.1, 0.15) is 17.6 Å². The van der Waals surface area contributed by atoms with Crippen LogP contribution < -0.4 is 5.73 Å². The fourth-order valence-electron chi connectivity index (χ4n) is 1.20. The van der Waals surface area contributed by atoms with Gasteiger partial charge in [0.05, 0.1) is 0 Å². The normalized spacial score (nSPS) is 13.1. The number of rotatable bonds is 2. The first-order valence-electron chi connectivity index (χ1n) is 4.03. The number of nitrogens with zero attached hydrogens (tertiary/aromatic N) is 3. The third-order valence-corrected chi connectivity index (χ3v) is 2.35. The van der Waals surface area contributed by atoms with Gasteiger partial charge in [-0.2, -0.15) is 0 Å². The molecule has 0 amide bonds. The molecule has 0 radical (unpaired) electrons. The van der Waals surface area contributed by atoms with Crippen molar-refractivity contribution in [2.24, 2.45) is 12.8 Å². The maximum absolute atomic E-state index is 5.94. The Morgan fingerprint density at radius 3 is 2.86 bits per heavy atom. The molecule has 0 spiro atoms. The van der Waals surface area contributed by atoms with Gasteiger partial charge in [0.1, 0.15) is 18.1 Å². The van der Waals surface area contributed by atoms with Crippen molar-refractivity contribution in [3.05, 3.63) is 34.7 Å². The molecule has 0 fully saturated rings. The van der Waals surface area contributed by atoms with Crippen LogP contribution in [0.5, 0.6) is 0 Å². The Kier molecular flexibility index (Phi) is 2.39. The smallest absolute Gasteiger partial charge is 0.169 e. The average Bonchev–Trinajstić information content (AvgIpc) is 2.73. The monoisotopic (exact) mass is 256 g/mol. The number of hydrogen-bond donors (Lipinski definition) is 1. The lowest BCUT2D eigenvalue weighted by molar-refractivity contribution is 0.459. The number of nitrogens with two attached hydrogens (primary N) is 1. The molecule has 6 heteroatoms. The number of halogens is 1. The Hall–Kier alpha value is -1.14. The predicted molar refractivity (Wildman–Crippen MR) is 53.4 cm³/mol. The van der Waals surface area contributed by atoms with Crippen LogP contribution in [0.3, 0.4) is 0 Å². The molecule has 2 rings (SSSR count). The maximum Gasteiger partial charge on any atom is 0.169 e. The molecule has 2 aromatic heterocycles. The SMILES string of the molecule is Cn1cnnc1C(N)c1ccc(Br)o1. The topological polar surface area (TPSA) is 69.9 Å². The minimum absolute atomic E-state index is 0.381. The summed E-state index contributed by atoms with van der Waals surface area (Å²) >= 11 is 3.22. The Balaban J connectivity index is 2.33. The van der Waals surface area contributed by atoms with Gasteiger partial charge < -0.3 is 14.7 Å². The van der Waals surface area contributed by atoms with Gasteiger partial charge >= 0.3 is 0 Å². The van der Waals surface area contributed by atoms with Crippen LogP contribution in [-0.2, 0) is 7.05 Å². The molecule has 1 atom stereocenters. The second kappa shape index (κ2) is 3.55. The third kappa shape index (κ3) is 1.58. The van der Waals surface area contributed by atoms with Crippen molar-refractivity contribution < 1.29 is 4.42 Å². The lowest BCUT2D eigenvalue weighted by Crippen LogP contribution is -2.15. The molecule has 2 N–H and O–H groups in total. The van der Waals surface area contributed by atoms with Crippen molar-refractivity contribution in [1.82, 2.24) is 14.8 Å². The molecule has 2 aromatic rings. The van der Waals surface area contributed by atoms with E-state index in [4.69, 9.17) is 10.2 Å². The first-order valence-corrected chi connectivity index (χ1v) is 4.82. The number of aromatic nitrogens is 3. The summed E-state index contributed by atoms with van der Waals surface area (Å²) in [6.07, 6.45) is 1.60. The molecule has 2 heterocycles. The van der Waals surface area contributed by atoms with E-state index in [0.717, 1.165) is 0 Å². The van der Waals surface area contributed by atoms with Gasteiger partial charge in [0.25, 0.3) is 0 Å². The Bertz CT molecular complexity index is 436. The summed E-state index contributed by atoms with van der Waals surface area (Å²) in [6, 6.07) is 3.23. The van der Waals surface area contributed by atoms with Gasteiger partial charge in [-0.3, -0.25) is 0 Å². The van der Waals surface area contributed by atoms with Gasteiger partial charge in [-0.25, -0.2) is 0 Å². The van der Waals surface area contributed by atoms with Gasteiger partial charge in [-0.15, -0.1) is 10.2 Å². The van der Waals surface area contributed by atoms with Gasteiger partial charge in [-0.05, 0) is 28.1 Å². The minimum Gasteiger partial charge on any atom is -0.452 e. The molecule has 0 bridgehead atoms. The highest BCUT2D eigenvalue weighted by Crippen LogP contribution is 2.22. The summed E-state index contributed by atoms with van der Waals surface area (Å²) in [7, 11) is 1.84. The molecule has 14 heavy (non-hydrogen) atoms. The molecule has 0 aromatic carbocycles. The lowest BCUT2D eigenvalue weighted by atomic mass is 10.2. The van der Waals surface area contributed by atoms with E-state index in [-0.39, 0.29) is 6.04 Å². The zero-order valence-corrected chi connectivity index (χ0v) is 9.10. The first kappa shape index (κ1) is 9.42. The fraction of sp³-hybridized carbons (Fsp3) is 0.250. The maximum atomic E-state index is 5.94. The minimum atomic E-state index is -0.381. The van der Waals surface area contributed by atoms with Crippen molar-refractivity contribution >= 4 is 15.9 Å². The van der Waals surface area contributed by atoms with E-state index in [2.05, 4.69) is 26.1 Å². The van der Waals surface area contributed by atoms with E-state index in [9.17, 15) is 0 Å². The Morgan fingerprint density at radius 1 is 1.57 bits per heavy atom. The molecule has 74 valence electrons. The van der Waals surface area contributed by atoms with Crippen molar-refractivity contribution in [3.8, 4) is 0 Å². The van der Waals surface area contributed by atoms with E-state index in [0.29, 0.717) is 16.3 Å². The molecule has 0 aliphatic heterocycles. The van der Waals surface area contributed by atoms with Crippen molar-refractivity contribution in [1.29, 1.82) is 0 Å².